The van der Waals surface area contributed by atoms with E-state index in [0.29, 0.717) is 17.1 Å². The molecule has 0 spiro atoms. The lowest BCUT2D eigenvalue weighted by Crippen LogP contribution is -2.32. The molecular weight excluding hydrogens is 403 g/mol. The summed E-state index contributed by atoms with van der Waals surface area (Å²) in [6, 6.07) is 21.7. The third-order valence-corrected chi connectivity index (χ3v) is 5.55. The number of hydrogen-bond donors (Lipinski definition) is 1. The van der Waals surface area contributed by atoms with E-state index in [-0.39, 0.29) is 10.6 Å². The van der Waals surface area contributed by atoms with Crippen molar-refractivity contribution in [2.75, 3.05) is 17.3 Å². The lowest BCUT2D eigenvalue weighted by molar-refractivity contribution is -0.120. The maximum atomic E-state index is 13.4. The van der Waals surface area contributed by atoms with Crippen LogP contribution in [0.15, 0.2) is 94.4 Å². The van der Waals surface area contributed by atoms with Crippen LogP contribution in [0.3, 0.4) is 0 Å². The molecule has 0 bridgehead atoms. The minimum absolute atomic E-state index is 0.141. The Labute approximate surface area is 177 Å². The zero-order chi connectivity index (χ0) is 21.1. The van der Waals surface area contributed by atoms with E-state index in [1.54, 1.807) is 18.2 Å². The van der Waals surface area contributed by atoms with Crippen molar-refractivity contribution in [2.24, 2.45) is 0 Å². The summed E-state index contributed by atoms with van der Waals surface area (Å²) in [4.78, 5) is 28.6. The van der Waals surface area contributed by atoms with Crippen molar-refractivity contribution in [3.63, 3.8) is 0 Å². The van der Waals surface area contributed by atoms with E-state index in [2.05, 4.69) is 5.32 Å². The molecular formula is C23H17FN2O3S. The number of ether oxygens (including phenoxy) is 1. The zero-order valence-corrected chi connectivity index (χ0v) is 16.8. The van der Waals surface area contributed by atoms with Crippen molar-refractivity contribution < 1.29 is 18.7 Å². The van der Waals surface area contributed by atoms with Gasteiger partial charge in [0.25, 0.3) is 11.8 Å². The topological polar surface area (TPSA) is 58.6 Å². The second-order valence-electron chi connectivity index (χ2n) is 6.37. The maximum absolute atomic E-state index is 13.4. The average Bonchev–Trinajstić information content (AvgIpc) is 2.99. The number of carbonyl (C=O) groups excluding carboxylic acids is 2. The fraction of sp³-hybridized carbons (Fsp3) is 0.0435. The molecule has 1 N–H and O–H groups in total. The molecule has 0 aliphatic carbocycles. The number of nitrogens with zero attached hydrogens (tertiary/aromatic N) is 1. The van der Waals surface area contributed by atoms with Crippen LogP contribution in [0.2, 0.25) is 0 Å². The molecule has 0 aromatic heterocycles. The van der Waals surface area contributed by atoms with E-state index in [9.17, 15) is 14.0 Å². The molecule has 0 atom stereocenters. The summed E-state index contributed by atoms with van der Waals surface area (Å²) in [5.74, 6) is -0.902. The van der Waals surface area contributed by atoms with Gasteiger partial charge in [0.1, 0.15) is 22.2 Å². The van der Waals surface area contributed by atoms with Gasteiger partial charge in [-0.1, -0.05) is 42.1 Å². The summed E-state index contributed by atoms with van der Waals surface area (Å²) in [7, 11) is 1.53. The first kappa shape index (κ1) is 19.7. The quantitative estimate of drug-likeness (QED) is 0.579. The van der Waals surface area contributed by atoms with Crippen LogP contribution in [0.25, 0.3) is 0 Å². The Morgan fingerprint density at radius 3 is 2.23 bits per heavy atom. The Balaban J connectivity index is 1.76. The summed E-state index contributed by atoms with van der Waals surface area (Å²) >= 11 is 1.20. The van der Waals surface area contributed by atoms with Crippen molar-refractivity contribution in [3.05, 3.63) is 95.3 Å². The van der Waals surface area contributed by atoms with Gasteiger partial charge >= 0.3 is 0 Å². The van der Waals surface area contributed by atoms with Crippen molar-refractivity contribution >= 4 is 35.0 Å². The van der Waals surface area contributed by atoms with Gasteiger partial charge in [-0.15, -0.1) is 0 Å². The minimum atomic E-state index is -0.518. The smallest absolute Gasteiger partial charge is 0.283 e. The number of anilines is 2. The number of nitrogens with one attached hydrogen (secondary N) is 1. The predicted octanol–water partition coefficient (Wildman–Crippen LogP) is 4.82. The number of methoxy groups -OCH3 is 1. The molecule has 0 saturated carbocycles. The Morgan fingerprint density at radius 1 is 0.867 bits per heavy atom. The third-order valence-electron chi connectivity index (χ3n) is 4.46. The second kappa shape index (κ2) is 8.42. The highest BCUT2D eigenvalue weighted by molar-refractivity contribution is 8.04. The van der Waals surface area contributed by atoms with E-state index < -0.39 is 17.6 Å². The van der Waals surface area contributed by atoms with Gasteiger partial charge in [0.15, 0.2) is 0 Å². The fourth-order valence-electron chi connectivity index (χ4n) is 3.03. The van der Waals surface area contributed by atoms with Gasteiger partial charge in [-0.3, -0.25) is 9.59 Å². The number of para-hydroxylation sites is 2. The van der Waals surface area contributed by atoms with Gasteiger partial charge in [0.05, 0.1) is 18.5 Å². The number of amides is 2. The first-order valence-electron chi connectivity index (χ1n) is 9.10. The van der Waals surface area contributed by atoms with Crippen LogP contribution in [0.5, 0.6) is 5.75 Å². The van der Waals surface area contributed by atoms with Crippen LogP contribution in [0, 0.1) is 5.82 Å². The lowest BCUT2D eigenvalue weighted by atomic mass is 10.2. The Hall–Kier alpha value is -3.58. The number of halogens is 1. The molecule has 0 saturated heterocycles. The van der Waals surface area contributed by atoms with Gasteiger partial charge < -0.3 is 10.1 Å². The maximum Gasteiger partial charge on any atom is 0.283 e. The monoisotopic (exact) mass is 420 g/mol. The molecule has 150 valence electrons. The van der Waals surface area contributed by atoms with Crippen molar-refractivity contribution in [3.8, 4) is 5.75 Å². The molecule has 2 amide bonds. The standard InChI is InChI=1S/C23H17FN2O3S/c1-29-19-10-6-5-9-18(19)25-20-21(30-17-7-3-2-4-8-17)23(28)26(22(20)27)16-13-11-15(24)12-14-16/h2-14,25H,1H3. The Bertz CT molecular complexity index is 1130. The molecule has 7 heteroatoms. The molecule has 5 nitrogen and oxygen atoms in total. The molecule has 3 aromatic rings. The highest BCUT2D eigenvalue weighted by Gasteiger charge is 2.40. The van der Waals surface area contributed by atoms with E-state index in [1.807, 2.05) is 36.4 Å². The van der Waals surface area contributed by atoms with E-state index in [1.165, 1.54) is 43.1 Å². The summed E-state index contributed by atoms with van der Waals surface area (Å²) in [5, 5.41) is 3.07. The Kier molecular flexibility index (Phi) is 5.54. The van der Waals surface area contributed by atoms with Gasteiger partial charge in [-0.25, -0.2) is 9.29 Å². The van der Waals surface area contributed by atoms with Gasteiger partial charge in [0.2, 0.25) is 0 Å². The van der Waals surface area contributed by atoms with Crippen LogP contribution in [0.1, 0.15) is 0 Å². The summed E-state index contributed by atoms with van der Waals surface area (Å²) < 4.78 is 18.7. The lowest BCUT2D eigenvalue weighted by Gasteiger charge is -2.15. The van der Waals surface area contributed by atoms with E-state index in [4.69, 9.17) is 4.74 Å². The number of imide groups is 1. The molecule has 4 rings (SSSR count). The third kappa shape index (κ3) is 3.79. The summed E-state index contributed by atoms with van der Waals surface area (Å²) in [6.07, 6.45) is 0. The van der Waals surface area contributed by atoms with Crippen LogP contribution in [-0.2, 0) is 9.59 Å². The molecule has 1 aliphatic rings. The molecule has 1 aliphatic heterocycles. The molecule has 1 heterocycles. The minimum Gasteiger partial charge on any atom is -0.495 e. The zero-order valence-electron chi connectivity index (χ0n) is 16.0. The molecule has 0 fully saturated rings. The van der Waals surface area contributed by atoms with E-state index >= 15 is 0 Å². The fourth-order valence-corrected chi connectivity index (χ4v) is 3.98. The SMILES string of the molecule is COc1ccccc1NC1=C(Sc2ccccc2)C(=O)N(c2ccc(F)cc2)C1=O. The van der Waals surface area contributed by atoms with Crippen LogP contribution in [-0.4, -0.2) is 18.9 Å². The highest BCUT2D eigenvalue weighted by atomic mass is 32.2. The molecule has 3 aromatic carbocycles. The van der Waals surface area contributed by atoms with Gasteiger partial charge in [-0.05, 0) is 48.5 Å². The van der Waals surface area contributed by atoms with Crippen molar-refractivity contribution in [1.82, 2.24) is 0 Å². The molecule has 0 radical (unpaired) electrons. The first-order valence-corrected chi connectivity index (χ1v) is 9.91. The van der Waals surface area contributed by atoms with Gasteiger partial charge in [0, 0.05) is 4.90 Å². The highest BCUT2D eigenvalue weighted by Crippen LogP contribution is 2.38. The van der Waals surface area contributed by atoms with Crippen LogP contribution in [0.4, 0.5) is 15.8 Å². The summed E-state index contributed by atoms with van der Waals surface area (Å²) in [5.41, 5.74) is 1.00. The van der Waals surface area contributed by atoms with Crippen LogP contribution >= 0.6 is 11.8 Å². The van der Waals surface area contributed by atoms with E-state index in [0.717, 1.165) is 9.80 Å². The summed E-state index contributed by atoms with van der Waals surface area (Å²) in [6.45, 7) is 0. The van der Waals surface area contributed by atoms with Crippen molar-refractivity contribution in [1.29, 1.82) is 0 Å². The number of rotatable bonds is 6. The largest absolute Gasteiger partial charge is 0.495 e. The number of benzene rings is 3. The second-order valence-corrected chi connectivity index (χ2v) is 7.45. The first-order chi connectivity index (χ1) is 14.6. The predicted molar refractivity (Wildman–Crippen MR) is 115 cm³/mol. The molecule has 0 unspecified atom stereocenters. The Morgan fingerprint density at radius 2 is 1.53 bits per heavy atom. The average molecular weight is 420 g/mol. The molecule has 30 heavy (non-hydrogen) atoms. The number of carbonyl (C=O) groups is 2. The van der Waals surface area contributed by atoms with Crippen LogP contribution < -0.4 is 15.0 Å². The number of hydrogen-bond acceptors (Lipinski definition) is 5. The normalized spacial score (nSPS) is 13.7. The van der Waals surface area contributed by atoms with Gasteiger partial charge in [-0.2, -0.15) is 0 Å². The van der Waals surface area contributed by atoms with Crippen molar-refractivity contribution in [2.45, 2.75) is 4.90 Å². The number of thioether (sulfide) groups is 1.